The highest BCUT2D eigenvalue weighted by atomic mass is 35.5. The fourth-order valence-corrected chi connectivity index (χ4v) is 9.98. The van der Waals surface area contributed by atoms with Crippen LogP contribution in [-0.2, 0) is 4.74 Å². The molecule has 1 aliphatic carbocycles. The van der Waals surface area contributed by atoms with E-state index in [1.54, 1.807) is 4.90 Å². The number of ether oxygens (including phenoxy) is 1. The van der Waals surface area contributed by atoms with Crippen LogP contribution in [0.15, 0.2) is 0 Å². The van der Waals surface area contributed by atoms with Crippen LogP contribution in [0.3, 0.4) is 0 Å². The van der Waals surface area contributed by atoms with Crippen molar-refractivity contribution in [3.05, 3.63) is 10.6 Å². The summed E-state index contributed by atoms with van der Waals surface area (Å²) in [5.74, 6) is 6.35. The third kappa shape index (κ3) is 14.6. The maximum Gasteiger partial charge on any atom is 0.410 e. The average Bonchev–Trinajstić information content (AvgIpc) is 3.41. The lowest BCUT2D eigenvalue weighted by Crippen LogP contribution is -2.51. The summed E-state index contributed by atoms with van der Waals surface area (Å²) in [6.45, 7) is 23.8. The van der Waals surface area contributed by atoms with Gasteiger partial charge in [-0.25, -0.2) is 4.79 Å². The Balaban J connectivity index is 0.872. The average molecular weight is 1080 g/mol. The largest absolute Gasteiger partial charge is 0.444 e. The summed E-state index contributed by atoms with van der Waals surface area (Å²) in [6, 6.07) is 0.324. The molecule has 8 heterocycles. The first-order valence-electron chi connectivity index (χ1n) is 27.0. The van der Waals surface area contributed by atoms with Gasteiger partial charge in [0, 0.05) is 124 Å². The van der Waals surface area contributed by atoms with Crippen molar-refractivity contribution < 1.29 is 9.53 Å². The van der Waals surface area contributed by atoms with Crippen molar-refractivity contribution in [2.24, 2.45) is 5.92 Å². The third-order valence-electron chi connectivity index (χ3n) is 13.8. The van der Waals surface area contributed by atoms with Crippen molar-refractivity contribution in [2.75, 3.05) is 168 Å². The first-order chi connectivity index (χ1) is 36.2. The molecule has 1 saturated carbocycles. The fraction of sp³-hybridized carbons (Fsp3) is 0.729. The van der Waals surface area contributed by atoms with Crippen molar-refractivity contribution >= 4 is 88.8 Å². The summed E-state index contributed by atoms with van der Waals surface area (Å²) in [4.78, 5) is 87.5. The molecule has 0 atom stereocenters. The van der Waals surface area contributed by atoms with E-state index >= 15 is 0 Å². The molecule has 4 aromatic heterocycles. The van der Waals surface area contributed by atoms with Crippen LogP contribution in [0.1, 0.15) is 92.9 Å². The lowest BCUT2D eigenvalue weighted by molar-refractivity contribution is 0.0240. The second-order valence-electron chi connectivity index (χ2n) is 21.2. The Labute approximate surface area is 450 Å². The van der Waals surface area contributed by atoms with Crippen molar-refractivity contribution in [1.29, 1.82) is 0 Å². The predicted molar refractivity (Wildman–Crippen MR) is 294 cm³/mol. The SMILES string of the molecule is CCCCCNc1nc(N2CCN(c3nc(Cl)nc(Cl)n3)CC2)nc(N2CCN(c3nc(NCC(C)C)nc(N4CCN(c5nc(NC6CCCCC6)nc(N6CCN(C(=O)OC(C)(C)C)CC6)n5)CC4)n3)CC2)n1. The monoisotopic (exact) mass is 1080 g/mol. The molecule has 0 spiro atoms. The minimum Gasteiger partial charge on any atom is -0.444 e. The van der Waals surface area contributed by atoms with Crippen LogP contribution >= 0.6 is 23.2 Å². The molecule has 0 radical (unpaired) electrons. The van der Waals surface area contributed by atoms with Crippen LogP contribution in [0.25, 0.3) is 0 Å². The van der Waals surface area contributed by atoms with E-state index in [0.717, 1.165) is 45.2 Å². The number of nitrogens with one attached hydrogen (secondary N) is 3. The minimum atomic E-state index is -0.554. The Kier molecular flexibility index (Phi) is 17.7. The molecule has 75 heavy (non-hydrogen) atoms. The van der Waals surface area contributed by atoms with Gasteiger partial charge in [-0.05, 0) is 69.2 Å². The standard InChI is InChI=1S/C48H75Cl2N23O2/c1-7-8-12-15-51-37-57-41(67-18-16-66(17-19-67)40-55-35(49)54-36(50)56-40)63-42(58-37)68-20-22-69(23-21-68)43-59-38(52-32-33(2)3)60-44(64-43)70-24-26-71(27-25-70)45-61-39(53-34-13-10-9-11-14-34)62-46(65-45)72-28-30-73(31-29-72)47(74)75-48(4,5)6/h33-34H,7-32H2,1-6H3,(H,51,57,58,63)(H,52,59,60,64)(H,53,61,62,65). The van der Waals surface area contributed by atoms with Gasteiger partial charge >= 0.3 is 6.09 Å². The molecule has 25 nitrogen and oxygen atoms in total. The lowest BCUT2D eigenvalue weighted by Gasteiger charge is -2.38. The number of amides is 1. The van der Waals surface area contributed by atoms with Gasteiger partial charge in [0.25, 0.3) is 0 Å². The highest BCUT2D eigenvalue weighted by Gasteiger charge is 2.31. The normalized spacial score (nSPS) is 18.3. The van der Waals surface area contributed by atoms with E-state index in [2.05, 4.69) is 81.1 Å². The quantitative estimate of drug-likeness (QED) is 0.115. The van der Waals surface area contributed by atoms with Crippen LogP contribution in [0.4, 0.5) is 64.3 Å². The van der Waals surface area contributed by atoms with Gasteiger partial charge in [0.15, 0.2) is 0 Å². The molecule has 27 heteroatoms. The van der Waals surface area contributed by atoms with E-state index in [4.69, 9.17) is 72.8 Å². The summed E-state index contributed by atoms with van der Waals surface area (Å²) >= 11 is 12.2. The van der Waals surface area contributed by atoms with Crippen LogP contribution in [0.5, 0.6) is 0 Å². The first-order valence-corrected chi connectivity index (χ1v) is 27.8. The molecule has 0 aromatic carbocycles. The zero-order chi connectivity index (χ0) is 52.5. The topological polar surface area (TPSA) is 243 Å². The number of halogens is 2. The van der Waals surface area contributed by atoms with Gasteiger partial charge in [-0.1, -0.05) is 52.9 Å². The highest BCUT2D eigenvalue weighted by molar-refractivity contribution is 6.31. The van der Waals surface area contributed by atoms with Gasteiger partial charge in [0.1, 0.15) is 5.60 Å². The number of carbonyl (C=O) groups is 1. The number of unbranched alkanes of at least 4 members (excludes halogenated alkanes) is 2. The minimum absolute atomic E-state index is 0.0664. The number of piperazine rings is 4. The molecule has 0 bridgehead atoms. The molecule has 5 fully saturated rings. The second kappa shape index (κ2) is 24.7. The lowest BCUT2D eigenvalue weighted by atomic mass is 9.96. The number of carbonyl (C=O) groups excluding carboxylic acids is 1. The molecule has 4 aliphatic heterocycles. The Morgan fingerprint density at radius 2 is 0.893 bits per heavy atom. The number of hydrogen-bond donors (Lipinski definition) is 3. The smallest absolute Gasteiger partial charge is 0.410 e. The fourth-order valence-electron chi connectivity index (χ4n) is 9.63. The number of aromatic nitrogens is 12. The molecule has 5 aliphatic rings. The van der Waals surface area contributed by atoms with E-state index in [1.807, 2.05) is 25.7 Å². The van der Waals surface area contributed by atoms with Crippen LogP contribution in [-0.4, -0.2) is 200 Å². The van der Waals surface area contributed by atoms with E-state index in [1.165, 1.54) is 19.3 Å². The maximum atomic E-state index is 12.9. The van der Waals surface area contributed by atoms with Gasteiger partial charge in [-0.2, -0.15) is 59.8 Å². The summed E-state index contributed by atoms with van der Waals surface area (Å²) in [5.41, 5.74) is -0.554. The molecule has 0 unspecified atom stereocenters. The zero-order valence-corrected chi connectivity index (χ0v) is 46.1. The molecular weight excluding hydrogens is 1000 g/mol. The molecular formula is C48H75Cl2N23O2. The Hall–Kier alpha value is -6.11. The number of rotatable bonds is 17. The summed E-state index contributed by atoms with van der Waals surface area (Å²) < 4.78 is 5.67. The first kappa shape index (κ1) is 53.7. The number of nitrogens with zero attached hydrogens (tertiary/aromatic N) is 20. The van der Waals surface area contributed by atoms with Crippen molar-refractivity contribution in [3.63, 3.8) is 0 Å². The van der Waals surface area contributed by atoms with E-state index < -0.39 is 5.60 Å². The van der Waals surface area contributed by atoms with Crippen molar-refractivity contribution in [3.8, 4) is 0 Å². The summed E-state index contributed by atoms with van der Waals surface area (Å²) in [7, 11) is 0. The second-order valence-corrected chi connectivity index (χ2v) is 21.9. The zero-order valence-electron chi connectivity index (χ0n) is 44.6. The summed E-state index contributed by atoms with van der Waals surface area (Å²) in [6.07, 6.45) is 8.81. The maximum absolute atomic E-state index is 12.9. The molecule has 408 valence electrons. The van der Waals surface area contributed by atoms with Crippen molar-refractivity contribution in [2.45, 2.75) is 105 Å². The van der Waals surface area contributed by atoms with Gasteiger partial charge in [-0.15, -0.1) is 0 Å². The Bertz CT molecular complexity index is 2480. The van der Waals surface area contributed by atoms with Crippen LogP contribution < -0.4 is 50.2 Å². The molecule has 4 aromatic rings. The molecule has 4 saturated heterocycles. The predicted octanol–water partition coefficient (Wildman–Crippen LogP) is 5.18. The molecule has 9 rings (SSSR count). The van der Waals surface area contributed by atoms with Gasteiger partial charge in [-0.3, -0.25) is 0 Å². The van der Waals surface area contributed by atoms with E-state index in [-0.39, 0.29) is 16.7 Å². The van der Waals surface area contributed by atoms with E-state index in [9.17, 15) is 4.79 Å². The molecule has 1 amide bonds. The van der Waals surface area contributed by atoms with Crippen molar-refractivity contribution in [1.82, 2.24) is 64.7 Å². The van der Waals surface area contributed by atoms with E-state index in [0.29, 0.717) is 176 Å². The summed E-state index contributed by atoms with van der Waals surface area (Å²) in [5, 5.41) is 10.8. The Morgan fingerprint density at radius 1 is 0.520 bits per heavy atom. The number of anilines is 10. The van der Waals surface area contributed by atoms with Gasteiger partial charge in [0.2, 0.25) is 70.1 Å². The highest BCUT2D eigenvalue weighted by Crippen LogP contribution is 2.28. The van der Waals surface area contributed by atoms with Crippen LogP contribution in [0, 0.1) is 5.92 Å². The third-order valence-corrected chi connectivity index (χ3v) is 14.2. The Morgan fingerprint density at radius 3 is 1.28 bits per heavy atom. The molecule has 3 N–H and O–H groups in total. The van der Waals surface area contributed by atoms with Gasteiger partial charge in [0.05, 0.1) is 0 Å². The number of hydrogen-bond acceptors (Lipinski definition) is 24. The van der Waals surface area contributed by atoms with Gasteiger partial charge < -0.3 is 59.9 Å². The van der Waals surface area contributed by atoms with Crippen LogP contribution in [0.2, 0.25) is 10.6 Å².